The zero-order chi connectivity index (χ0) is 12.7. The molecule has 0 aliphatic carbocycles. The Morgan fingerprint density at radius 2 is 1.31 bits per heavy atom. The van der Waals surface area contributed by atoms with Gasteiger partial charge < -0.3 is 9.47 Å². The molecule has 89 valence electrons. The topological polar surface area (TPSA) is 52.6 Å². The number of carbonyl (C=O) groups excluding carboxylic acids is 2. The van der Waals surface area contributed by atoms with Gasteiger partial charge in [-0.25, -0.2) is 9.59 Å². The number of hydrogen-bond donors (Lipinski definition) is 0. The van der Waals surface area contributed by atoms with E-state index >= 15 is 0 Å². The van der Waals surface area contributed by atoms with Crippen LogP contribution in [0.15, 0.2) is 24.3 Å². The minimum absolute atomic E-state index is 0.0924. The van der Waals surface area contributed by atoms with Gasteiger partial charge in [-0.2, -0.15) is 0 Å². The van der Waals surface area contributed by atoms with Gasteiger partial charge in [-0.05, 0) is 20.8 Å². The molecule has 0 spiro atoms. The third-order valence-electron chi connectivity index (χ3n) is 1.60. The van der Waals surface area contributed by atoms with Gasteiger partial charge in [0.2, 0.25) is 0 Å². The van der Waals surface area contributed by atoms with E-state index < -0.39 is 11.9 Å². The van der Waals surface area contributed by atoms with Crippen molar-refractivity contribution >= 4 is 11.9 Å². The Kier molecular flexibility index (Phi) is 6.15. The van der Waals surface area contributed by atoms with Gasteiger partial charge in [0.15, 0.2) is 0 Å². The molecule has 0 heterocycles. The Morgan fingerprint density at radius 3 is 1.56 bits per heavy atom. The van der Waals surface area contributed by atoms with E-state index in [4.69, 9.17) is 9.47 Å². The van der Waals surface area contributed by atoms with Gasteiger partial charge in [-0.3, -0.25) is 0 Å². The summed E-state index contributed by atoms with van der Waals surface area (Å²) in [6.07, 6.45) is 0. The van der Waals surface area contributed by atoms with Crippen LogP contribution in [0.5, 0.6) is 0 Å². The van der Waals surface area contributed by atoms with Crippen LogP contribution in [0.4, 0.5) is 0 Å². The molecule has 0 N–H and O–H groups in total. The van der Waals surface area contributed by atoms with E-state index in [-0.39, 0.29) is 19.1 Å². The Morgan fingerprint density at radius 1 is 1.00 bits per heavy atom. The van der Waals surface area contributed by atoms with Gasteiger partial charge in [-0.15, -0.1) is 0 Å². The van der Waals surface area contributed by atoms with Gasteiger partial charge in [0, 0.05) is 17.1 Å². The van der Waals surface area contributed by atoms with E-state index in [2.05, 4.69) is 20.1 Å². The molecular formula is C12H17O4. The van der Waals surface area contributed by atoms with Crippen molar-refractivity contribution in [2.75, 3.05) is 13.2 Å². The first kappa shape index (κ1) is 14.4. The van der Waals surface area contributed by atoms with E-state index in [1.165, 1.54) is 0 Å². The van der Waals surface area contributed by atoms with Crippen LogP contribution in [0.2, 0.25) is 0 Å². The predicted molar refractivity (Wildman–Crippen MR) is 60.4 cm³/mol. The Labute approximate surface area is 95.9 Å². The summed E-state index contributed by atoms with van der Waals surface area (Å²) in [6, 6.07) is 0. The molecule has 0 fully saturated rings. The number of rotatable bonds is 6. The first-order valence-electron chi connectivity index (χ1n) is 4.83. The van der Waals surface area contributed by atoms with Crippen molar-refractivity contribution in [3.63, 3.8) is 0 Å². The maximum Gasteiger partial charge on any atom is 0.333 e. The SMILES string of the molecule is [CH2]C(COC(=O)C(=C)C)COC(=O)C(=C)C. The normalized spacial score (nSPS) is 9.75. The highest BCUT2D eigenvalue weighted by molar-refractivity contribution is 5.87. The summed E-state index contributed by atoms with van der Waals surface area (Å²) in [4.78, 5) is 22.0. The summed E-state index contributed by atoms with van der Waals surface area (Å²) < 4.78 is 9.69. The molecule has 0 saturated carbocycles. The second kappa shape index (κ2) is 6.82. The average molecular weight is 225 g/mol. The molecule has 0 bridgehead atoms. The quantitative estimate of drug-likeness (QED) is 0.509. The Hall–Kier alpha value is -1.58. The summed E-state index contributed by atoms with van der Waals surface area (Å²) in [5, 5.41) is 0. The average Bonchev–Trinajstić information content (AvgIpc) is 2.21. The smallest absolute Gasteiger partial charge is 0.333 e. The summed E-state index contributed by atoms with van der Waals surface area (Å²) in [5.41, 5.74) is 0.650. The molecule has 0 saturated heterocycles. The fraction of sp³-hybridized carbons (Fsp3) is 0.417. The largest absolute Gasteiger partial charge is 0.462 e. The number of hydrogen-bond acceptors (Lipinski definition) is 4. The second-order valence-electron chi connectivity index (χ2n) is 3.62. The lowest BCUT2D eigenvalue weighted by atomic mass is 10.2. The molecule has 4 nitrogen and oxygen atoms in total. The molecule has 0 unspecified atom stereocenters. The van der Waals surface area contributed by atoms with Crippen molar-refractivity contribution in [1.29, 1.82) is 0 Å². The molecular weight excluding hydrogens is 208 g/mol. The molecule has 0 aromatic rings. The maximum absolute atomic E-state index is 11.0. The molecule has 0 aromatic heterocycles. The summed E-state index contributed by atoms with van der Waals surface area (Å²) in [6.45, 7) is 13.9. The van der Waals surface area contributed by atoms with E-state index in [1.807, 2.05) is 0 Å². The van der Waals surface area contributed by atoms with E-state index in [1.54, 1.807) is 13.8 Å². The second-order valence-corrected chi connectivity index (χ2v) is 3.62. The van der Waals surface area contributed by atoms with Crippen LogP contribution in [-0.2, 0) is 19.1 Å². The summed E-state index contributed by atoms with van der Waals surface area (Å²) >= 11 is 0. The molecule has 4 heteroatoms. The predicted octanol–water partition coefficient (Wildman–Crippen LogP) is 1.68. The van der Waals surface area contributed by atoms with Crippen LogP contribution in [-0.4, -0.2) is 25.2 Å². The van der Waals surface area contributed by atoms with Crippen LogP contribution in [0, 0.1) is 12.8 Å². The minimum atomic E-state index is -0.472. The molecule has 0 aliphatic rings. The van der Waals surface area contributed by atoms with Crippen molar-refractivity contribution in [3.8, 4) is 0 Å². The Bertz CT molecular complexity index is 274. The standard InChI is InChI=1S/C12H17O4/c1-8(2)11(13)15-6-10(5)7-16-12(14)9(3)4/h10H,1,3,5-7H2,2,4H3. The monoisotopic (exact) mass is 225 g/mol. The van der Waals surface area contributed by atoms with Crippen LogP contribution in [0.1, 0.15) is 13.8 Å². The third kappa shape index (κ3) is 6.01. The van der Waals surface area contributed by atoms with Crippen molar-refractivity contribution in [3.05, 3.63) is 31.2 Å². The van der Waals surface area contributed by atoms with E-state index in [0.717, 1.165) is 0 Å². The zero-order valence-corrected chi connectivity index (χ0v) is 9.75. The van der Waals surface area contributed by atoms with E-state index in [9.17, 15) is 9.59 Å². The zero-order valence-electron chi connectivity index (χ0n) is 9.75. The lowest BCUT2D eigenvalue weighted by molar-refractivity contribution is -0.143. The molecule has 0 amide bonds. The van der Waals surface area contributed by atoms with Crippen LogP contribution < -0.4 is 0 Å². The highest BCUT2D eigenvalue weighted by Crippen LogP contribution is 2.02. The molecule has 0 rings (SSSR count). The highest BCUT2D eigenvalue weighted by atomic mass is 16.5. The third-order valence-corrected chi connectivity index (χ3v) is 1.60. The molecule has 1 radical (unpaired) electrons. The first-order valence-corrected chi connectivity index (χ1v) is 4.83. The highest BCUT2D eigenvalue weighted by Gasteiger charge is 2.11. The fourth-order valence-electron chi connectivity index (χ4n) is 0.682. The lowest BCUT2D eigenvalue weighted by Gasteiger charge is -2.12. The van der Waals surface area contributed by atoms with Gasteiger partial charge in [0.25, 0.3) is 0 Å². The van der Waals surface area contributed by atoms with Crippen molar-refractivity contribution < 1.29 is 19.1 Å². The fourth-order valence-corrected chi connectivity index (χ4v) is 0.682. The first-order chi connectivity index (χ1) is 7.34. The van der Waals surface area contributed by atoms with Crippen molar-refractivity contribution in [2.24, 2.45) is 5.92 Å². The minimum Gasteiger partial charge on any atom is -0.462 e. The molecule has 16 heavy (non-hydrogen) atoms. The van der Waals surface area contributed by atoms with Gasteiger partial charge >= 0.3 is 11.9 Å². The van der Waals surface area contributed by atoms with Crippen LogP contribution >= 0.6 is 0 Å². The molecule has 0 atom stereocenters. The molecule has 0 aliphatic heterocycles. The molecule has 0 aromatic carbocycles. The van der Waals surface area contributed by atoms with Crippen molar-refractivity contribution in [2.45, 2.75) is 13.8 Å². The van der Waals surface area contributed by atoms with Gasteiger partial charge in [-0.1, -0.05) is 13.2 Å². The van der Waals surface area contributed by atoms with E-state index in [0.29, 0.717) is 11.1 Å². The summed E-state index contributed by atoms with van der Waals surface area (Å²) in [7, 11) is 0. The Balaban J connectivity index is 3.79. The number of carbonyl (C=O) groups is 2. The van der Waals surface area contributed by atoms with Crippen LogP contribution in [0.25, 0.3) is 0 Å². The van der Waals surface area contributed by atoms with Gasteiger partial charge in [0.1, 0.15) is 0 Å². The lowest BCUT2D eigenvalue weighted by Crippen LogP contribution is -2.19. The summed E-state index contributed by atoms with van der Waals surface area (Å²) in [5.74, 6) is -1.24. The number of ether oxygens (including phenoxy) is 2. The van der Waals surface area contributed by atoms with Crippen LogP contribution in [0.3, 0.4) is 0 Å². The maximum atomic E-state index is 11.0. The van der Waals surface area contributed by atoms with Crippen molar-refractivity contribution in [1.82, 2.24) is 0 Å². The number of esters is 2. The van der Waals surface area contributed by atoms with Gasteiger partial charge in [0.05, 0.1) is 13.2 Å².